The van der Waals surface area contributed by atoms with Crippen LogP contribution in [0.2, 0.25) is 0 Å². The van der Waals surface area contributed by atoms with Gasteiger partial charge in [0.1, 0.15) is 5.82 Å². The third kappa shape index (κ3) is 8.20. The van der Waals surface area contributed by atoms with Crippen molar-refractivity contribution in [3.05, 3.63) is 54.2 Å². The molecule has 10 heteroatoms. The van der Waals surface area contributed by atoms with Gasteiger partial charge in [-0.05, 0) is 50.6 Å². The average Bonchev–Trinajstić information content (AvgIpc) is 2.61. The first kappa shape index (κ1) is 22.8. The molecule has 1 atom stereocenters. The van der Waals surface area contributed by atoms with Crippen LogP contribution in [0.3, 0.4) is 0 Å². The quantitative estimate of drug-likeness (QED) is 0.586. The lowest BCUT2D eigenvalue weighted by Gasteiger charge is -2.18. The summed E-state index contributed by atoms with van der Waals surface area (Å²) in [6.07, 6.45) is 1.48. The third-order valence-corrected chi connectivity index (χ3v) is 6.97. The van der Waals surface area contributed by atoms with Crippen LogP contribution in [-0.2, 0) is 26.6 Å². The van der Waals surface area contributed by atoms with Crippen molar-refractivity contribution in [2.75, 3.05) is 22.3 Å². The van der Waals surface area contributed by atoms with Gasteiger partial charge in [-0.2, -0.15) is 0 Å². The van der Waals surface area contributed by atoms with Gasteiger partial charge in [0.05, 0.1) is 5.75 Å². The zero-order chi connectivity index (χ0) is 21.5. The molecule has 0 bridgehead atoms. The summed E-state index contributed by atoms with van der Waals surface area (Å²) in [6, 6.07) is 11.4. The normalized spacial score (nSPS) is 12.8. The molecule has 1 aromatic carbocycles. The Morgan fingerprint density at radius 3 is 2.55 bits per heavy atom. The molecule has 0 spiro atoms. The van der Waals surface area contributed by atoms with E-state index in [-0.39, 0.29) is 22.9 Å². The van der Waals surface area contributed by atoms with E-state index in [0.717, 1.165) is 5.56 Å². The lowest BCUT2D eigenvalue weighted by atomic mass is 10.2. The Balaban J connectivity index is 1.83. The summed E-state index contributed by atoms with van der Waals surface area (Å²) in [5.74, 6) is 0.320. The van der Waals surface area contributed by atoms with E-state index in [2.05, 4.69) is 20.3 Å². The molecule has 0 fully saturated rings. The van der Waals surface area contributed by atoms with Crippen molar-refractivity contribution >= 4 is 38.4 Å². The van der Waals surface area contributed by atoms with Gasteiger partial charge in [-0.3, -0.25) is 8.93 Å². The van der Waals surface area contributed by atoms with Gasteiger partial charge in [-0.15, -0.1) is 0 Å². The van der Waals surface area contributed by atoms with E-state index in [9.17, 15) is 17.4 Å². The monoisotopic (exact) mass is 438 g/mol. The molecule has 158 valence electrons. The van der Waals surface area contributed by atoms with E-state index in [1.165, 1.54) is 12.3 Å². The minimum absolute atomic E-state index is 0.0677. The summed E-state index contributed by atoms with van der Waals surface area (Å²) in [5.41, 5.74) is 1.39. The molecule has 2 aromatic rings. The molecule has 8 nitrogen and oxygen atoms in total. The fraction of sp³-hybridized carbons (Fsp3) is 0.368. The zero-order valence-electron chi connectivity index (χ0n) is 16.6. The van der Waals surface area contributed by atoms with Gasteiger partial charge in [-0.1, -0.05) is 18.2 Å². The number of amides is 2. The van der Waals surface area contributed by atoms with Crippen molar-refractivity contribution in [1.29, 1.82) is 0 Å². The summed E-state index contributed by atoms with van der Waals surface area (Å²) in [4.78, 5) is 15.9. The Labute approximate surface area is 174 Å². The zero-order valence-corrected chi connectivity index (χ0v) is 18.3. The number of carbonyl (C=O) groups is 1. The van der Waals surface area contributed by atoms with E-state index < -0.39 is 26.9 Å². The van der Waals surface area contributed by atoms with Crippen LogP contribution in [0.5, 0.6) is 0 Å². The number of rotatable bonds is 8. The summed E-state index contributed by atoms with van der Waals surface area (Å²) < 4.78 is 38.3. The minimum Gasteiger partial charge on any atom is -0.337 e. The van der Waals surface area contributed by atoms with Crippen molar-refractivity contribution in [2.24, 2.45) is 0 Å². The van der Waals surface area contributed by atoms with E-state index >= 15 is 0 Å². The first-order valence-corrected chi connectivity index (χ1v) is 12.0. The number of nitrogens with one attached hydrogen (secondary N) is 3. The number of urea groups is 1. The highest BCUT2D eigenvalue weighted by atomic mass is 32.2. The number of sulfonamides is 1. The molecule has 2 rings (SSSR count). The van der Waals surface area contributed by atoms with Crippen LogP contribution < -0.4 is 15.4 Å². The van der Waals surface area contributed by atoms with Gasteiger partial charge < -0.3 is 10.6 Å². The largest absolute Gasteiger partial charge is 0.337 e. The van der Waals surface area contributed by atoms with Gasteiger partial charge in [0.25, 0.3) is 0 Å². The number of hydrogen-bond donors (Lipinski definition) is 3. The predicted octanol–water partition coefficient (Wildman–Crippen LogP) is 2.69. The number of benzene rings is 1. The van der Waals surface area contributed by atoms with Crippen molar-refractivity contribution in [3.63, 3.8) is 0 Å². The number of carbonyl (C=O) groups excluding carboxylic acids is 1. The Morgan fingerprint density at radius 1 is 1.14 bits per heavy atom. The highest BCUT2D eigenvalue weighted by molar-refractivity contribution is 7.92. The van der Waals surface area contributed by atoms with Crippen LogP contribution >= 0.6 is 0 Å². The standard InChI is InChI=1S/C19H26N4O4S2/c1-19(2,3)28(25)14-15-7-6-8-16(13-15)22-18(24)21-11-12-29(26,27)23-17-9-4-5-10-20-17/h4-10,13H,11-12,14H2,1-3H3,(H,20,23)(H2,21,22,24)/t28-/m1/s1. The first-order chi connectivity index (χ1) is 13.5. The van der Waals surface area contributed by atoms with Crippen molar-refractivity contribution < 1.29 is 17.4 Å². The number of aromatic nitrogens is 1. The average molecular weight is 439 g/mol. The Bertz CT molecular complexity index is 958. The molecular formula is C19H26N4O4S2. The van der Waals surface area contributed by atoms with Crippen molar-refractivity contribution in [1.82, 2.24) is 10.3 Å². The van der Waals surface area contributed by atoms with Gasteiger partial charge >= 0.3 is 6.03 Å². The number of anilines is 2. The molecule has 0 saturated carbocycles. The highest BCUT2D eigenvalue weighted by Crippen LogP contribution is 2.18. The van der Waals surface area contributed by atoms with E-state index in [0.29, 0.717) is 11.4 Å². The molecule has 0 aliphatic heterocycles. The van der Waals surface area contributed by atoms with Crippen LogP contribution in [0.1, 0.15) is 26.3 Å². The van der Waals surface area contributed by atoms with E-state index in [1.807, 2.05) is 26.8 Å². The molecule has 0 saturated heterocycles. The summed E-state index contributed by atoms with van der Waals surface area (Å²) in [6.45, 7) is 5.67. The topological polar surface area (TPSA) is 117 Å². The van der Waals surface area contributed by atoms with E-state index in [1.54, 1.807) is 30.3 Å². The highest BCUT2D eigenvalue weighted by Gasteiger charge is 2.19. The van der Waals surface area contributed by atoms with Crippen molar-refractivity contribution in [3.8, 4) is 0 Å². The molecule has 3 N–H and O–H groups in total. The van der Waals surface area contributed by atoms with Crippen LogP contribution in [0, 0.1) is 0 Å². The SMILES string of the molecule is CC(C)(C)[S@](=O)Cc1cccc(NC(=O)NCCS(=O)(=O)Nc2ccccn2)c1. The predicted molar refractivity (Wildman–Crippen MR) is 117 cm³/mol. The van der Waals surface area contributed by atoms with Gasteiger partial charge in [0, 0.05) is 39.7 Å². The molecule has 0 unspecified atom stereocenters. The summed E-state index contributed by atoms with van der Waals surface area (Å²) in [5, 5.41) is 5.16. The minimum atomic E-state index is -3.63. The van der Waals surface area contributed by atoms with Gasteiger partial charge in [0.2, 0.25) is 10.0 Å². The van der Waals surface area contributed by atoms with Crippen LogP contribution in [-0.4, -0.2) is 40.7 Å². The van der Waals surface area contributed by atoms with Crippen molar-refractivity contribution in [2.45, 2.75) is 31.3 Å². The maximum atomic E-state index is 12.3. The molecule has 0 aliphatic rings. The molecule has 0 aliphatic carbocycles. The number of pyridine rings is 1. The lowest BCUT2D eigenvalue weighted by molar-refractivity contribution is 0.252. The molecule has 0 radical (unpaired) electrons. The fourth-order valence-corrected chi connectivity index (χ4v) is 4.04. The Hall–Kier alpha value is -2.46. The van der Waals surface area contributed by atoms with E-state index in [4.69, 9.17) is 0 Å². The first-order valence-electron chi connectivity index (χ1n) is 8.99. The number of hydrogen-bond acceptors (Lipinski definition) is 5. The smallest absolute Gasteiger partial charge is 0.319 e. The maximum absolute atomic E-state index is 12.3. The second kappa shape index (κ2) is 9.84. The molecule has 1 heterocycles. The third-order valence-electron chi connectivity index (χ3n) is 3.75. The Kier molecular flexibility index (Phi) is 7.74. The molecule has 29 heavy (non-hydrogen) atoms. The second-order valence-electron chi connectivity index (χ2n) is 7.32. The second-order valence-corrected chi connectivity index (χ2v) is 11.4. The summed E-state index contributed by atoms with van der Waals surface area (Å²) >= 11 is 0. The van der Waals surface area contributed by atoms with Crippen LogP contribution in [0.4, 0.5) is 16.3 Å². The molecule has 2 amide bonds. The van der Waals surface area contributed by atoms with Crippen LogP contribution in [0.15, 0.2) is 48.7 Å². The fourth-order valence-electron chi connectivity index (χ4n) is 2.21. The van der Waals surface area contributed by atoms with Crippen LogP contribution in [0.25, 0.3) is 0 Å². The number of nitrogens with zero attached hydrogens (tertiary/aromatic N) is 1. The van der Waals surface area contributed by atoms with Gasteiger partial charge in [0.15, 0.2) is 0 Å². The molecular weight excluding hydrogens is 412 g/mol. The Morgan fingerprint density at radius 2 is 1.90 bits per heavy atom. The van der Waals surface area contributed by atoms with Gasteiger partial charge in [-0.25, -0.2) is 18.2 Å². The maximum Gasteiger partial charge on any atom is 0.319 e. The summed E-state index contributed by atoms with van der Waals surface area (Å²) in [7, 11) is -4.67. The molecule has 1 aromatic heterocycles. The lowest BCUT2D eigenvalue weighted by Crippen LogP contribution is -2.34.